The highest BCUT2D eigenvalue weighted by atomic mass is 16.3. The molecule has 21 heavy (non-hydrogen) atoms. The van der Waals surface area contributed by atoms with Crippen molar-refractivity contribution in [1.82, 2.24) is 10.3 Å². The number of rotatable bonds is 5. The second-order valence-corrected chi connectivity index (χ2v) is 5.69. The molecular formula is C16H25N3O2. The average Bonchev–Trinajstić information content (AvgIpc) is 2.76. The summed E-state index contributed by atoms with van der Waals surface area (Å²) in [6.45, 7) is 4.05. The first-order valence-corrected chi connectivity index (χ1v) is 7.83. The lowest BCUT2D eigenvalue weighted by molar-refractivity contribution is 0.0934. The van der Waals surface area contributed by atoms with E-state index < -0.39 is 0 Å². The molecular weight excluding hydrogens is 266 g/mol. The third kappa shape index (κ3) is 4.70. The maximum absolute atomic E-state index is 12.0. The molecule has 1 aliphatic heterocycles. The van der Waals surface area contributed by atoms with Crippen molar-refractivity contribution in [1.29, 1.82) is 0 Å². The molecule has 1 fully saturated rings. The molecule has 0 radical (unpaired) electrons. The van der Waals surface area contributed by atoms with Gasteiger partial charge >= 0.3 is 0 Å². The zero-order valence-electron chi connectivity index (χ0n) is 12.7. The second kappa shape index (κ2) is 7.98. The van der Waals surface area contributed by atoms with E-state index in [0.717, 1.165) is 18.9 Å². The van der Waals surface area contributed by atoms with Crippen LogP contribution in [0.3, 0.4) is 0 Å². The van der Waals surface area contributed by atoms with E-state index in [4.69, 9.17) is 5.11 Å². The lowest BCUT2D eigenvalue weighted by Crippen LogP contribution is -2.33. The highest BCUT2D eigenvalue weighted by Gasteiger charge is 2.13. The topological polar surface area (TPSA) is 65.5 Å². The van der Waals surface area contributed by atoms with Gasteiger partial charge in [-0.1, -0.05) is 12.8 Å². The Morgan fingerprint density at radius 3 is 2.62 bits per heavy atom. The van der Waals surface area contributed by atoms with Gasteiger partial charge in [-0.2, -0.15) is 0 Å². The molecule has 1 saturated heterocycles. The molecule has 1 amide bonds. The minimum absolute atomic E-state index is 0.0345. The lowest BCUT2D eigenvalue weighted by Gasteiger charge is -2.21. The molecule has 1 aromatic rings. The zero-order valence-corrected chi connectivity index (χ0v) is 12.7. The van der Waals surface area contributed by atoms with Crippen LogP contribution in [0.1, 0.15) is 49.4 Å². The zero-order chi connectivity index (χ0) is 15.1. The number of pyridine rings is 1. The monoisotopic (exact) mass is 291 g/mol. The van der Waals surface area contributed by atoms with Crippen LogP contribution in [-0.2, 0) is 0 Å². The Labute approximate surface area is 126 Å². The molecule has 1 atom stereocenters. The number of carbonyl (C=O) groups excluding carboxylic acids is 1. The summed E-state index contributed by atoms with van der Waals surface area (Å²) in [6.07, 6.45) is 7.21. The molecule has 0 aliphatic carbocycles. The number of aliphatic hydroxyl groups excluding tert-OH is 1. The molecule has 1 aromatic heterocycles. The number of hydrogen-bond donors (Lipinski definition) is 2. The Balaban J connectivity index is 1.96. The van der Waals surface area contributed by atoms with Crippen LogP contribution in [0.25, 0.3) is 0 Å². The number of hydrogen-bond acceptors (Lipinski definition) is 4. The third-order valence-electron chi connectivity index (χ3n) is 3.88. The van der Waals surface area contributed by atoms with Crippen molar-refractivity contribution in [3.05, 3.63) is 23.9 Å². The molecule has 2 rings (SSSR count). The molecule has 0 spiro atoms. The fraction of sp³-hybridized carbons (Fsp3) is 0.625. The predicted octanol–water partition coefficient (Wildman–Crippen LogP) is 1.96. The summed E-state index contributed by atoms with van der Waals surface area (Å²) in [7, 11) is 0. The SMILES string of the molecule is CC(CCO)NC(=O)c1ccc(N2CCCCCC2)nc1. The summed E-state index contributed by atoms with van der Waals surface area (Å²) in [5, 5.41) is 11.7. The van der Waals surface area contributed by atoms with Crippen LogP contribution in [0, 0.1) is 0 Å². The van der Waals surface area contributed by atoms with Gasteiger partial charge in [-0.3, -0.25) is 4.79 Å². The van der Waals surface area contributed by atoms with E-state index in [1.165, 1.54) is 25.7 Å². The predicted molar refractivity (Wildman–Crippen MR) is 83.5 cm³/mol. The van der Waals surface area contributed by atoms with Crippen molar-refractivity contribution >= 4 is 11.7 Å². The quantitative estimate of drug-likeness (QED) is 0.870. The summed E-state index contributed by atoms with van der Waals surface area (Å²) in [5.74, 6) is 0.822. The van der Waals surface area contributed by atoms with Crippen LogP contribution in [0.2, 0.25) is 0 Å². The number of carbonyl (C=O) groups is 1. The first-order chi connectivity index (χ1) is 10.2. The van der Waals surface area contributed by atoms with Gasteiger partial charge < -0.3 is 15.3 Å². The third-order valence-corrected chi connectivity index (χ3v) is 3.88. The second-order valence-electron chi connectivity index (χ2n) is 5.69. The van der Waals surface area contributed by atoms with Crippen LogP contribution >= 0.6 is 0 Å². The molecule has 116 valence electrons. The highest BCUT2D eigenvalue weighted by molar-refractivity contribution is 5.94. The van der Waals surface area contributed by atoms with E-state index in [-0.39, 0.29) is 18.6 Å². The van der Waals surface area contributed by atoms with Crippen molar-refractivity contribution in [3.8, 4) is 0 Å². The van der Waals surface area contributed by atoms with Gasteiger partial charge in [0, 0.05) is 31.9 Å². The molecule has 0 bridgehead atoms. The summed E-state index contributed by atoms with van der Waals surface area (Å²) in [6, 6.07) is 3.72. The summed E-state index contributed by atoms with van der Waals surface area (Å²) in [4.78, 5) is 18.8. The largest absolute Gasteiger partial charge is 0.396 e. The summed E-state index contributed by atoms with van der Waals surface area (Å²) >= 11 is 0. The smallest absolute Gasteiger partial charge is 0.253 e. The molecule has 2 N–H and O–H groups in total. The van der Waals surface area contributed by atoms with Crippen molar-refractivity contribution in [3.63, 3.8) is 0 Å². The Bertz CT molecular complexity index is 439. The van der Waals surface area contributed by atoms with E-state index >= 15 is 0 Å². The lowest BCUT2D eigenvalue weighted by atomic mass is 10.2. The van der Waals surface area contributed by atoms with Gasteiger partial charge in [-0.05, 0) is 38.3 Å². The fourth-order valence-corrected chi connectivity index (χ4v) is 2.58. The number of aromatic nitrogens is 1. The van der Waals surface area contributed by atoms with Gasteiger partial charge in [-0.25, -0.2) is 4.98 Å². The van der Waals surface area contributed by atoms with Gasteiger partial charge in [0.15, 0.2) is 0 Å². The van der Waals surface area contributed by atoms with Gasteiger partial charge in [0.05, 0.1) is 5.56 Å². The van der Waals surface area contributed by atoms with E-state index in [1.807, 2.05) is 19.1 Å². The number of nitrogens with zero attached hydrogens (tertiary/aromatic N) is 2. The highest BCUT2D eigenvalue weighted by Crippen LogP contribution is 2.17. The summed E-state index contributed by atoms with van der Waals surface area (Å²) in [5.41, 5.74) is 0.568. The maximum Gasteiger partial charge on any atom is 0.253 e. The van der Waals surface area contributed by atoms with Crippen molar-refractivity contribution in [2.24, 2.45) is 0 Å². The van der Waals surface area contributed by atoms with Crippen molar-refractivity contribution in [2.45, 2.75) is 45.1 Å². The first-order valence-electron chi connectivity index (χ1n) is 7.83. The molecule has 1 aliphatic rings. The number of aliphatic hydroxyl groups is 1. The van der Waals surface area contributed by atoms with Crippen LogP contribution in [0.4, 0.5) is 5.82 Å². The molecule has 5 nitrogen and oxygen atoms in total. The molecule has 0 aromatic carbocycles. The minimum atomic E-state index is -0.133. The van der Waals surface area contributed by atoms with Gasteiger partial charge in [-0.15, -0.1) is 0 Å². The minimum Gasteiger partial charge on any atom is -0.396 e. The Morgan fingerprint density at radius 2 is 2.05 bits per heavy atom. The average molecular weight is 291 g/mol. The Hall–Kier alpha value is -1.62. The molecule has 0 saturated carbocycles. The number of amides is 1. The van der Waals surface area contributed by atoms with Crippen LogP contribution in [0.15, 0.2) is 18.3 Å². The van der Waals surface area contributed by atoms with E-state index in [1.54, 1.807) is 6.20 Å². The molecule has 1 unspecified atom stereocenters. The number of anilines is 1. The van der Waals surface area contributed by atoms with Crippen LogP contribution in [-0.4, -0.2) is 41.7 Å². The van der Waals surface area contributed by atoms with E-state index in [0.29, 0.717) is 12.0 Å². The van der Waals surface area contributed by atoms with E-state index in [2.05, 4.69) is 15.2 Å². The number of nitrogens with one attached hydrogen (secondary N) is 1. The van der Waals surface area contributed by atoms with Crippen LogP contribution < -0.4 is 10.2 Å². The maximum atomic E-state index is 12.0. The van der Waals surface area contributed by atoms with Gasteiger partial charge in [0.2, 0.25) is 0 Å². The van der Waals surface area contributed by atoms with Crippen LogP contribution in [0.5, 0.6) is 0 Å². The van der Waals surface area contributed by atoms with Gasteiger partial charge in [0.25, 0.3) is 5.91 Å². The summed E-state index contributed by atoms with van der Waals surface area (Å²) < 4.78 is 0. The van der Waals surface area contributed by atoms with Crippen molar-refractivity contribution in [2.75, 3.05) is 24.6 Å². The van der Waals surface area contributed by atoms with E-state index in [9.17, 15) is 4.79 Å². The molecule has 2 heterocycles. The van der Waals surface area contributed by atoms with Crippen molar-refractivity contribution < 1.29 is 9.90 Å². The first kappa shape index (κ1) is 15.8. The Morgan fingerprint density at radius 1 is 1.33 bits per heavy atom. The standard InChI is InChI=1S/C16H25N3O2/c1-13(8-11-20)18-16(21)14-6-7-15(17-12-14)19-9-4-2-3-5-10-19/h6-7,12-13,20H,2-5,8-11H2,1H3,(H,18,21). The fourth-order valence-electron chi connectivity index (χ4n) is 2.58. The van der Waals surface area contributed by atoms with Gasteiger partial charge in [0.1, 0.15) is 5.82 Å². The Kier molecular flexibility index (Phi) is 5.99. The normalized spacial score (nSPS) is 17.1. The molecule has 5 heteroatoms.